The standard InChI is InChI=1S/C24H21FN10/c1-13(18-7-8-30-23(33-18)14-5-3-4-6-17(14)25)35-24-20(22(27)31-12-32-24)21(34-35)16-10-29-11-19(28-2)15(16)9-26/h3-13,26,28H,1-2H3,(H2,27,31,32). The lowest BCUT2D eigenvalue weighted by Crippen LogP contribution is -2.12. The maximum atomic E-state index is 14.4. The molecule has 0 fully saturated rings. The third-order valence-corrected chi connectivity index (χ3v) is 5.76. The first-order valence-corrected chi connectivity index (χ1v) is 10.8. The van der Waals surface area contributed by atoms with Crippen molar-refractivity contribution >= 4 is 28.8 Å². The molecule has 0 amide bonds. The minimum Gasteiger partial charge on any atom is -0.386 e. The van der Waals surface area contributed by atoms with Gasteiger partial charge in [0.15, 0.2) is 11.5 Å². The number of anilines is 2. The number of hydrogen-bond acceptors (Lipinski definition) is 9. The van der Waals surface area contributed by atoms with Gasteiger partial charge in [0.1, 0.15) is 23.7 Å². The Bertz CT molecular complexity index is 1560. The number of nitrogens with one attached hydrogen (secondary N) is 2. The lowest BCUT2D eigenvalue weighted by atomic mass is 10.0. The predicted octanol–water partition coefficient (Wildman–Crippen LogP) is 3.72. The van der Waals surface area contributed by atoms with E-state index >= 15 is 0 Å². The van der Waals surface area contributed by atoms with Crippen molar-refractivity contribution in [2.45, 2.75) is 13.0 Å². The van der Waals surface area contributed by atoms with Crippen molar-refractivity contribution in [3.8, 4) is 22.6 Å². The number of nitrogen functional groups attached to an aromatic ring is 1. The molecule has 5 aromatic rings. The van der Waals surface area contributed by atoms with Crippen LogP contribution in [0.3, 0.4) is 0 Å². The van der Waals surface area contributed by atoms with Gasteiger partial charge in [0.25, 0.3) is 0 Å². The van der Waals surface area contributed by atoms with E-state index in [1.807, 2.05) is 6.92 Å². The van der Waals surface area contributed by atoms with Crippen molar-refractivity contribution in [3.63, 3.8) is 0 Å². The van der Waals surface area contributed by atoms with Crippen molar-refractivity contribution in [1.82, 2.24) is 34.7 Å². The fourth-order valence-corrected chi connectivity index (χ4v) is 3.97. The average molecular weight is 469 g/mol. The molecule has 174 valence electrons. The summed E-state index contributed by atoms with van der Waals surface area (Å²) in [6.45, 7) is 1.90. The van der Waals surface area contributed by atoms with Crippen molar-refractivity contribution in [3.05, 3.63) is 72.3 Å². The molecular weight excluding hydrogens is 447 g/mol. The van der Waals surface area contributed by atoms with Crippen LogP contribution in [0.2, 0.25) is 0 Å². The Balaban J connectivity index is 1.69. The Labute approximate surface area is 199 Å². The number of nitrogens with zero attached hydrogens (tertiary/aromatic N) is 7. The monoisotopic (exact) mass is 468 g/mol. The maximum Gasteiger partial charge on any atom is 0.164 e. The van der Waals surface area contributed by atoms with Crippen LogP contribution in [0.25, 0.3) is 33.7 Å². The number of halogens is 1. The molecule has 0 aliphatic rings. The molecule has 0 aliphatic heterocycles. The fraction of sp³-hybridized carbons (Fsp3) is 0.125. The van der Waals surface area contributed by atoms with E-state index < -0.39 is 11.9 Å². The second kappa shape index (κ2) is 8.86. The highest BCUT2D eigenvalue weighted by Crippen LogP contribution is 2.35. The molecule has 5 rings (SSSR count). The van der Waals surface area contributed by atoms with Gasteiger partial charge in [0.05, 0.1) is 34.6 Å². The summed E-state index contributed by atoms with van der Waals surface area (Å²) in [5.41, 5.74) is 10.1. The van der Waals surface area contributed by atoms with Gasteiger partial charge in [-0.05, 0) is 25.1 Å². The Morgan fingerprint density at radius 1 is 1.11 bits per heavy atom. The van der Waals surface area contributed by atoms with Crippen molar-refractivity contribution in [1.29, 1.82) is 5.41 Å². The molecule has 10 nitrogen and oxygen atoms in total. The van der Waals surface area contributed by atoms with Crippen LogP contribution in [-0.2, 0) is 0 Å². The Hall–Kier alpha value is -4.80. The quantitative estimate of drug-likeness (QED) is 0.320. The van der Waals surface area contributed by atoms with E-state index in [4.69, 9.17) is 16.2 Å². The highest BCUT2D eigenvalue weighted by atomic mass is 19.1. The summed E-state index contributed by atoms with van der Waals surface area (Å²) in [5.74, 6) is 0.125. The summed E-state index contributed by atoms with van der Waals surface area (Å²) in [7, 11) is 1.76. The molecule has 4 aromatic heterocycles. The normalized spacial score (nSPS) is 12.0. The van der Waals surface area contributed by atoms with Crippen molar-refractivity contribution in [2.75, 3.05) is 18.1 Å². The van der Waals surface area contributed by atoms with Gasteiger partial charge in [-0.2, -0.15) is 5.10 Å². The highest BCUT2D eigenvalue weighted by molar-refractivity contribution is 6.04. The number of benzene rings is 1. The zero-order chi connectivity index (χ0) is 24.5. The second-order valence-electron chi connectivity index (χ2n) is 7.75. The lowest BCUT2D eigenvalue weighted by Gasteiger charge is -2.13. The zero-order valence-electron chi connectivity index (χ0n) is 18.9. The van der Waals surface area contributed by atoms with E-state index in [1.165, 1.54) is 18.6 Å². The molecule has 1 unspecified atom stereocenters. The topological polar surface area (TPSA) is 144 Å². The van der Waals surface area contributed by atoms with E-state index in [9.17, 15) is 4.39 Å². The van der Waals surface area contributed by atoms with Gasteiger partial charge in [0.2, 0.25) is 0 Å². The molecule has 0 spiro atoms. The van der Waals surface area contributed by atoms with E-state index in [2.05, 4.69) is 30.2 Å². The molecule has 1 aromatic carbocycles. The van der Waals surface area contributed by atoms with Crippen LogP contribution in [0.5, 0.6) is 0 Å². The molecule has 4 heterocycles. The number of rotatable bonds is 6. The van der Waals surface area contributed by atoms with Crippen LogP contribution in [0.1, 0.15) is 24.2 Å². The molecule has 1 atom stereocenters. The molecular formula is C24H21FN10. The smallest absolute Gasteiger partial charge is 0.164 e. The van der Waals surface area contributed by atoms with Crippen LogP contribution in [0.4, 0.5) is 15.9 Å². The first-order chi connectivity index (χ1) is 17.0. The van der Waals surface area contributed by atoms with Gasteiger partial charge in [-0.15, -0.1) is 0 Å². The molecule has 4 N–H and O–H groups in total. The number of hydrogen-bond donors (Lipinski definition) is 3. The first kappa shape index (κ1) is 22.0. The summed E-state index contributed by atoms with van der Waals surface area (Å²) in [6.07, 6.45) is 7.46. The van der Waals surface area contributed by atoms with E-state index in [0.29, 0.717) is 44.8 Å². The van der Waals surface area contributed by atoms with Crippen molar-refractivity contribution in [2.24, 2.45) is 0 Å². The molecule has 0 saturated heterocycles. The SMILES string of the molecule is CNc1cncc(-c2nn(C(C)c3ccnc(-c4ccccc4F)n3)c3ncnc(N)c23)c1C=N. The van der Waals surface area contributed by atoms with Crippen LogP contribution in [0, 0.1) is 11.2 Å². The first-order valence-electron chi connectivity index (χ1n) is 10.8. The second-order valence-corrected chi connectivity index (χ2v) is 7.75. The number of fused-ring (bicyclic) bond motifs is 1. The summed E-state index contributed by atoms with van der Waals surface area (Å²) >= 11 is 0. The molecule has 0 bridgehead atoms. The number of aromatic nitrogens is 7. The fourth-order valence-electron chi connectivity index (χ4n) is 3.97. The van der Waals surface area contributed by atoms with Crippen LogP contribution >= 0.6 is 0 Å². The summed E-state index contributed by atoms with van der Waals surface area (Å²) in [5, 5.41) is 16.4. The van der Waals surface area contributed by atoms with Gasteiger partial charge in [0, 0.05) is 36.8 Å². The Morgan fingerprint density at radius 2 is 1.94 bits per heavy atom. The van der Waals surface area contributed by atoms with Crippen LogP contribution in [-0.4, -0.2) is 48.0 Å². The number of nitrogens with two attached hydrogens (primary N) is 1. The molecule has 0 radical (unpaired) electrons. The van der Waals surface area contributed by atoms with Gasteiger partial charge in [-0.25, -0.2) is 29.0 Å². The summed E-state index contributed by atoms with van der Waals surface area (Å²) < 4.78 is 16.0. The minimum atomic E-state index is -0.405. The minimum absolute atomic E-state index is 0.254. The lowest BCUT2D eigenvalue weighted by molar-refractivity contribution is 0.565. The third-order valence-electron chi connectivity index (χ3n) is 5.76. The largest absolute Gasteiger partial charge is 0.386 e. The van der Waals surface area contributed by atoms with E-state index in [0.717, 1.165) is 0 Å². The van der Waals surface area contributed by atoms with Gasteiger partial charge < -0.3 is 16.5 Å². The maximum absolute atomic E-state index is 14.4. The van der Waals surface area contributed by atoms with Crippen molar-refractivity contribution < 1.29 is 4.39 Å². The van der Waals surface area contributed by atoms with Gasteiger partial charge in [-0.1, -0.05) is 12.1 Å². The zero-order valence-corrected chi connectivity index (χ0v) is 18.9. The Morgan fingerprint density at radius 3 is 2.71 bits per heavy atom. The Kier molecular flexibility index (Phi) is 5.57. The molecule has 11 heteroatoms. The van der Waals surface area contributed by atoms with Gasteiger partial charge >= 0.3 is 0 Å². The molecule has 0 saturated carbocycles. The summed E-state index contributed by atoms with van der Waals surface area (Å²) in [6, 6.07) is 7.70. The summed E-state index contributed by atoms with van der Waals surface area (Å²) in [4.78, 5) is 21.7. The third kappa shape index (κ3) is 3.72. The number of pyridine rings is 1. The van der Waals surface area contributed by atoms with Gasteiger partial charge in [-0.3, -0.25) is 4.98 Å². The van der Waals surface area contributed by atoms with Crippen LogP contribution < -0.4 is 11.1 Å². The average Bonchev–Trinajstić information content (AvgIpc) is 3.29. The highest BCUT2D eigenvalue weighted by Gasteiger charge is 2.24. The van der Waals surface area contributed by atoms with E-state index in [1.54, 1.807) is 54.6 Å². The molecule has 0 aliphatic carbocycles. The van der Waals surface area contributed by atoms with Crippen LogP contribution in [0.15, 0.2) is 55.2 Å². The predicted molar refractivity (Wildman–Crippen MR) is 132 cm³/mol. The van der Waals surface area contributed by atoms with E-state index in [-0.39, 0.29) is 11.6 Å². The molecule has 35 heavy (non-hydrogen) atoms.